The van der Waals surface area contributed by atoms with Crippen LogP contribution in [0.3, 0.4) is 0 Å². The summed E-state index contributed by atoms with van der Waals surface area (Å²) in [6.45, 7) is 8.84. The van der Waals surface area contributed by atoms with Crippen LogP contribution in [0.1, 0.15) is 37.5 Å². The molecule has 6 aromatic rings. The van der Waals surface area contributed by atoms with Crippen LogP contribution in [-0.2, 0) is 30.2 Å². The fraction of sp³-hybridized carbons (Fsp3) is 0.362. The van der Waals surface area contributed by atoms with Gasteiger partial charge in [-0.15, -0.1) is 35.3 Å². The third-order valence-corrected chi connectivity index (χ3v) is 14.6. The van der Waals surface area contributed by atoms with E-state index >= 15 is 0 Å². The average Bonchev–Trinajstić information content (AvgIpc) is 3.93. The first kappa shape index (κ1) is 42.1. The lowest BCUT2D eigenvalue weighted by Gasteiger charge is -2.47. The summed E-state index contributed by atoms with van der Waals surface area (Å²) in [5, 5.41) is 4.16. The molecular weight excluding hydrogens is 868 g/mol. The predicted molar refractivity (Wildman–Crippen MR) is 254 cm³/mol. The van der Waals surface area contributed by atoms with E-state index in [1.165, 1.54) is 14.7 Å². The van der Waals surface area contributed by atoms with Gasteiger partial charge in [-0.05, 0) is 89.6 Å². The highest BCUT2D eigenvalue weighted by Gasteiger charge is 2.58. The Balaban J connectivity index is 1.08. The van der Waals surface area contributed by atoms with E-state index in [2.05, 4.69) is 88.8 Å². The summed E-state index contributed by atoms with van der Waals surface area (Å²) in [6, 6.07) is 26.1. The number of hydrogen-bond donors (Lipinski definition) is 0. The number of thioether (sulfide) groups is 3. The summed E-state index contributed by atoms with van der Waals surface area (Å²) >= 11 is 5.47. The first-order chi connectivity index (χ1) is 31.6. The zero-order valence-electron chi connectivity index (χ0n) is 36.2. The first-order valence-corrected chi connectivity index (χ1v) is 25.1. The van der Waals surface area contributed by atoms with Crippen molar-refractivity contribution >= 4 is 86.9 Å². The van der Waals surface area contributed by atoms with Crippen molar-refractivity contribution in [1.29, 1.82) is 0 Å². The largest absolute Gasteiger partial charge is 0.518 e. The molecule has 5 aliphatic heterocycles. The molecule has 0 amide bonds. The SMILES string of the molecule is CCSc1ccc2c(c1)C1=Nc3c4ccc(SCC)cc4c4n3[B-]3(OCc5ccc6c(c5)OCCOCCOCCOCCOCCO6)n5c(c6cc(SCC)ccc6c5=N4)=NC2=[N+]13. The zero-order valence-corrected chi connectivity index (χ0v) is 38.6. The highest BCUT2D eigenvalue weighted by Crippen LogP contribution is 2.48. The molecule has 4 aromatic carbocycles. The molecule has 0 fully saturated rings. The standard InChI is InChI=1S/C47H49BN6O7S3/c1-4-62-31-8-11-34-37(26-31)45-49-43-35-12-9-32(63-5-2)27-38(35)47-51-44-36-13-10-33(64-6-3)28-39(36)46-50-42(34)52(45)48(53(43)47,54(44)46)61-29-30-7-14-40-41(25-30)60-24-22-58-20-18-56-16-15-55-17-19-57-21-23-59-40/h7-14,25-28H,4-6,15-24,29H2,1-3H3. The second-order valence-electron chi connectivity index (χ2n) is 15.7. The third kappa shape index (κ3) is 7.19. The maximum atomic E-state index is 7.76. The Labute approximate surface area is 383 Å². The molecule has 330 valence electrons. The summed E-state index contributed by atoms with van der Waals surface area (Å²) in [4.78, 5) is 20.3. The summed E-state index contributed by atoms with van der Waals surface area (Å²) in [7, 11) is 0. The van der Waals surface area contributed by atoms with Crippen molar-refractivity contribution in [3.05, 3.63) is 100 Å². The number of amidine groups is 2. The van der Waals surface area contributed by atoms with Crippen molar-refractivity contribution in [3.8, 4) is 11.5 Å². The van der Waals surface area contributed by atoms with Crippen molar-refractivity contribution in [3.63, 3.8) is 0 Å². The molecule has 0 aliphatic carbocycles. The number of aromatic nitrogens is 2. The van der Waals surface area contributed by atoms with Crippen LogP contribution in [-0.4, -0.2) is 115 Å². The Bertz CT molecular complexity index is 3010. The van der Waals surface area contributed by atoms with Crippen molar-refractivity contribution in [2.45, 2.75) is 42.1 Å². The highest BCUT2D eigenvalue weighted by molar-refractivity contribution is 7.99. The Morgan fingerprint density at radius 1 is 0.547 bits per heavy atom. The second kappa shape index (κ2) is 18.0. The molecule has 2 aromatic heterocycles. The summed E-state index contributed by atoms with van der Waals surface area (Å²) in [6.07, 6.45) is 0. The van der Waals surface area contributed by atoms with Gasteiger partial charge in [-0.1, -0.05) is 36.8 Å². The van der Waals surface area contributed by atoms with Gasteiger partial charge in [0.25, 0.3) is 0 Å². The topological polar surface area (TPSA) is 115 Å². The summed E-state index contributed by atoms with van der Waals surface area (Å²) in [5.41, 5.74) is 4.64. The lowest BCUT2D eigenvalue weighted by Crippen LogP contribution is -2.73. The van der Waals surface area contributed by atoms with Crippen molar-refractivity contribution in [2.24, 2.45) is 15.0 Å². The van der Waals surface area contributed by atoms with Crippen LogP contribution in [0.5, 0.6) is 11.5 Å². The molecule has 0 saturated heterocycles. The van der Waals surface area contributed by atoms with Gasteiger partial charge in [0.05, 0.1) is 64.0 Å². The van der Waals surface area contributed by atoms with Gasteiger partial charge < -0.3 is 46.5 Å². The fourth-order valence-electron chi connectivity index (χ4n) is 9.34. The summed E-state index contributed by atoms with van der Waals surface area (Å²) < 4.78 is 50.1. The van der Waals surface area contributed by atoms with E-state index in [1.54, 1.807) is 0 Å². The minimum absolute atomic E-state index is 0.229. The van der Waals surface area contributed by atoms with Crippen LogP contribution in [0.4, 0.5) is 11.6 Å². The van der Waals surface area contributed by atoms with Gasteiger partial charge in [-0.2, -0.15) is 0 Å². The quantitative estimate of drug-likeness (QED) is 0.106. The van der Waals surface area contributed by atoms with Gasteiger partial charge >= 0.3 is 6.75 Å². The molecular formula is C47H49BN6O7S3. The van der Waals surface area contributed by atoms with Gasteiger partial charge in [-0.3, -0.25) is 0 Å². The van der Waals surface area contributed by atoms with Crippen LogP contribution < -0.4 is 20.4 Å². The van der Waals surface area contributed by atoms with Crippen molar-refractivity contribution in [2.75, 3.05) is 83.3 Å². The highest BCUT2D eigenvalue weighted by atomic mass is 32.2. The van der Waals surface area contributed by atoms with E-state index in [-0.39, 0.29) is 6.61 Å². The number of ether oxygens (including phenoxy) is 6. The first-order valence-electron chi connectivity index (χ1n) is 22.2. The van der Waals surface area contributed by atoms with Crippen LogP contribution in [0.25, 0.3) is 21.5 Å². The molecule has 7 heterocycles. The maximum Gasteiger partial charge on any atom is 0.513 e. The predicted octanol–water partition coefficient (Wildman–Crippen LogP) is 7.58. The van der Waals surface area contributed by atoms with E-state index in [4.69, 9.17) is 48.1 Å². The van der Waals surface area contributed by atoms with E-state index in [9.17, 15) is 0 Å². The van der Waals surface area contributed by atoms with Gasteiger partial charge in [0.2, 0.25) is 11.7 Å². The molecule has 0 N–H and O–H groups in total. The van der Waals surface area contributed by atoms with Crippen molar-refractivity contribution < 1.29 is 37.6 Å². The van der Waals surface area contributed by atoms with Crippen LogP contribution >= 0.6 is 35.3 Å². The molecule has 0 saturated carbocycles. The molecule has 11 rings (SSSR count). The van der Waals surface area contributed by atoms with Crippen molar-refractivity contribution in [1.82, 2.24) is 8.96 Å². The molecule has 64 heavy (non-hydrogen) atoms. The summed E-state index contributed by atoms with van der Waals surface area (Å²) in [5.74, 6) is 7.41. The monoisotopic (exact) mass is 916 g/mol. The van der Waals surface area contributed by atoms with Gasteiger partial charge in [0.15, 0.2) is 22.8 Å². The molecule has 0 radical (unpaired) electrons. The molecule has 13 nitrogen and oxygen atoms in total. The second-order valence-corrected chi connectivity index (χ2v) is 19.7. The van der Waals surface area contributed by atoms with Crippen LogP contribution in [0.15, 0.2) is 102 Å². The Kier molecular flexibility index (Phi) is 11.8. The minimum atomic E-state index is -2.38. The lowest BCUT2D eigenvalue weighted by atomic mass is 9.75. The number of benzene rings is 4. The number of hydrogen-bond acceptors (Lipinski definition) is 13. The molecule has 1 unspecified atom stereocenters. The number of aliphatic imine (C=N–C) groups is 1. The Hall–Kier alpha value is -4.59. The molecule has 0 bridgehead atoms. The number of rotatable bonds is 9. The van der Waals surface area contributed by atoms with E-state index in [0.29, 0.717) is 77.6 Å². The van der Waals surface area contributed by atoms with Gasteiger partial charge in [-0.25, -0.2) is 4.99 Å². The van der Waals surface area contributed by atoms with E-state index in [0.717, 1.165) is 89.8 Å². The average molecular weight is 917 g/mol. The lowest BCUT2D eigenvalue weighted by molar-refractivity contribution is -0.300. The number of fused-ring (bicyclic) bond motifs is 10. The molecule has 17 heteroatoms. The minimum Gasteiger partial charge on any atom is -0.518 e. The molecule has 1 atom stereocenters. The normalized spacial score (nSPS) is 19.4. The van der Waals surface area contributed by atoms with Crippen LogP contribution in [0.2, 0.25) is 0 Å². The van der Waals surface area contributed by atoms with E-state index in [1.807, 2.05) is 53.5 Å². The maximum absolute atomic E-state index is 7.76. The fourth-order valence-corrected chi connectivity index (χ4v) is 11.4. The zero-order chi connectivity index (χ0) is 43.2. The third-order valence-electron chi connectivity index (χ3n) is 11.9. The molecule has 5 aliphatic rings. The smallest absolute Gasteiger partial charge is 0.513 e. The Morgan fingerprint density at radius 3 is 1.81 bits per heavy atom. The van der Waals surface area contributed by atoms with Gasteiger partial charge in [0.1, 0.15) is 24.5 Å². The Morgan fingerprint density at radius 2 is 1.12 bits per heavy atom. The number of nitrogens with zero attached hydrogens (tertiary/aromatic N) is 6. The van der Waals surface area contributed by atoms with Crippen LogP contribution in [0, 0.1) is 0 Å². The van der Waals surface area contributed by atoms with E-state index < -0.39 is 6.75 Å². The van der Waals surface area contributed by atoms with Gasteiger partial charge in [0, 0.05) is 42.8 Å². The molecule has 0 spiro atoms.